The van der Waals surface area contributed by atoms with Crippen molar-refractivity contribution >= 4 is 23.2 Å². The average Bonchev–Trinajstić information content (AvgIpc) is 3.10. The Bertz CT molecular complexity index is 1030. The summed E-state index contributed by atoms with van der Waals surface area (Å²) in [4.78, 5) is 20.8. The van der Waals surface area contributed by atoms with Gasteiger partial charge in [-0.25, -0.2) is 23.6 Å². The van der Waals surface area contributed by atoms with E-state index in [2.05, 4.69) is 25.2 Å². The van der Waals surface area contributed by atoms with Gasteiger partial charge in [-0.1, -0.05) is 12.1 Å². The van der Waals surface area contributed by atoms with Crippen molar-refractivity contribution < 1.29 is 13.6 Å². The van der Waals surface area contributed by atoms with Gasteiger partial charge in [-0.15, -0.1) is 11.3 Å². The summed E-state index contributed by atoms with van der Waals surface area (Å²) >= 11 is 1.46. The first-order chi connectivity index (χ1) is 14.5. The van der Waals surface area contributed by atoms with Crippen molar-refractivity contribution in [3.05, 3.63) is 75.7 Å². The van der Waals surface area contributed by atoms with Crippen molar-refractivity contribution in [2.45, 2.75) is 26.3 Å². The number of carbonyl (C=O) groups excluding carboxylic acids is 1. The molecular formula is C21H23F2N5OS. The monoisotopic (exact) mass is 431 g/mol. The maximum atomic E-state index is 13.2. The standard InChI is InChI=1S/C21H23F2N5OS/c1-2-24-20(29)25-10-3-11-28-18(12-15-4-6-16(22)7-5-15)14-30-21(28)27-19-9-8-17(23)13-26-19/h4-9,13-14H,2-3,10-12H2,1H3,(H2,24,25,29)/b27-21-. The van der Waals surface area contributed by atoms with Crippen LogP contribution in [0.25, 0.3) is 0 Å². The summed E-state index contributed by atoms with van der Waals surface area (Å²) in [6.07, 6.45) is 2.45. The van der Waals surface area contributed by atoms with Crippen molar-refractivity contribution in [3.63, 3.8) is 0 Å². The van der Waals surface area contributed by atoms with Gasteiger partial charge >= 0.3 is 6.03 Å². The number of aromatic nitrogens is 2. The summed E-state index contributed by atoms with van der Waals surface area (Å²) in [6.45, 7) is 3.58. The van der Waals surface area contributed by atoms with Crippen LogP contribution in [0.1, 0.15) is 24.6 Å². The molecule has 0 aliphatic heterocycles. The number of nitrogens with zero attached hydrogens (tertiary/aromatic N) is 3. The molecule has 0 bridgehead atoms. The van der Waals surface area contributed by atoms with E-state index >= 15 is 0 Å². The molecule has 0 fully saturated rings. The van der Waals surface area contributed by atoms with Gasteiger partial charge in [-0.2, -0.15) is 0 Å². The number of halogens is 2. The van der Waals surface area contributed by atoms with Crippen LogP contribution in [0, 0.1) is 11.6 Å². The molecular weight excluding hydrogens is 408 g/mol. The van der Waals surface area contributed by atoms with Crippen LogP contribution >= 0.6 is 11.3 Å². The fourth-order valence-corrected chi connectivity index (χ4v) is 3.77. The summed E-state index contributed by atoms with van der Waals surface area (Å²) in [6, 6.07) is 9.04. The fourth-order valence-electron chi connectivity index (χ4n) is 2.84. The van der Waals surface area contributed by atoms with Crippen LogP contribution in [-0.4, -0.2) is 28.7 Å². The van der Waals surface area contributed by atoms with Crippen LogP contribution in [-0.2, 0) is 13.0 Å². The van der Waals surface area contributed by atoms with Gasteiger partial charge < -0.3 is 15.2 Å². The van der Waals surface area contributed by atoms with E-state index in [-0.39, 0.29) is 11.8 Å². The Balaban J connectivity index is 1.81. The van der Waals surface area contributed by atoms with Crippen LogP contribution in [0.2, 0.25) is 0 Å². The third kappa shape index (κ3) is 6.21. The summed E-state index contributed by atoms with van der Waals surface area (Å²) in [7, 11) is 0. The highest BCUT2D eigenvalue weighted by atomic mass is 32.1. The van der Waals surface area contributed by atoms with E-state index in [0.29, 0.717) is 38.3 Å². The second-order valence-corrected chi connectivity index (χ2v) is 7.39. The lowest BCUT2D eigenvalue weighted by Crippen LogP contribution is -2.36. The summed E-state index contributed by atoms with van der Waals surface area (Å²) < 4.78 is 28.4. The topological polar surface area (TPSA) is 71.3 Å². The number of pyridine rings is 1. The Morgan fingerprint density at radius 1 is 1.13 bits per heavy atom. The highest BCUT2D eigenvalue weighted by Gasteiger charge is 2.08. The van der Waals surface area contributed by atoms with E-state index in [1.165, 1.54) is 35.6 Å². The predicted octanol–water partition coefficient (Wildman–Crippen LogP) is 3.76. The molecule has 0 spiro atoms. The van der Waals surface area contributed by atoms with E-state index in [9.17, 15) is 13.6 Å². The molecule has 2 heterocycles. The first kappa shape index (κ1) is 21.6. The SMILES string of the molecule is CCNC(=O)NCCCn1c(Cc2ccc(F)cc2)cs/c1=N\c1ccc(F)cn1. The van der Waals surface area contributed by atoms with Crippen molar-refractivity contribution in [1.82, 2.24) is 20.2 Å². The number of carbonyl (C=O) groups is 1. The van der Waals surface area contributed by atoms with E-state index in [1.807, 2.05) is 12.3 Å². The highest BCUT2D eigenvalue weighted by molar-refractivity contribution is 7.07. The number of urea groups is 1. The molecule has 3 aromatic rings. The highest BCUT2D eigenvalue weighted by Crippen LogP contribution is 2.14. The Hall–Kier alpha value is -3.07. The zero-order valence-corrected chi connectivity index (χ0v) is 17.4. The van der Waals surface area contributed by atoms with Gasteiger partial charge in [-0.3, -0.25) is 0 Å². The normalized spacial score (nSPS) is 11.5. The number of amides is 2. The zero-order valence-electron chi connectivity index (χ0n) is 16.6. The Morgan fingerprint density at radius 2 is 1.90 bits per heavy atom. The number of benzene rings is 1. The van der Waals surface area contributed by atoms with Gasteiger partial charge in [0.15, 0.2) is 10.6 Å². The number of thiazole rings is 1. The Labute approximate surface area is 177 Å². The van der Waals surface area contributed by atoms with E-state index in [0.717, 1.165) is 22.3 Å². The van der Waals surface area contributed by atoms with Gasteiger partial charge in [0.05, 0.1) is 6.20 Å². The third-order valence-corrected chi connectivity index (χ3v) is 5.19. The molecule has 0 unspecified atom stereocenters. The number of rotatable bonds is 8. The number of hydrogen-bond acceptors (Lipinski definition) is 4. The largest absolute Gasteiger partial charge is 0.338 e. The van der Waals surface area contributed by atoms with Crippen molar-refractivity contribution in [3.8, 4) is 0 Å². The van der Waals surface area contributed by atoms with E-state index in [4.69, 9.17) is 0 Å². The first-order valence-electron chi connectivity index (χ1n) is 9.65. The minimum Gasteiger partial charge on any atom is -0.338 e. The van der Waals surface area contributed by atoms with Crippen LogP contribution in [0.4, 0.5) is 19.4 Å². The lowest BCUT2D eigenvalue weighted by atomic mass is 10.1. The molecule has 1 aromatic carbocycles. The van der Waals surface area contributed by atoms with Gasteiger partial charge in [0.1, 0.15) is 11.6 Å². The van der Waals surface area contributed by atoms with Crippen molar-refractivity contribution in [2.75, 3.05) is 13.1 Å². The molecule has 0 saturated carbocycles. The van der Waals surface area contributed by atoms with Crippen molar-refractivity contribution in [2.24, 2.45) is 4.99 Å². The van der Waals surface area contributed by atoms with Crippen LogP contribution in [0.3, 0.4) is 0 Å². The quantitative estimate of drug-likeness (QED) is 0.533. The maximum Gasteiger partial charge on any atom is 0.314 e. The molecule has 0 aliphatic carbocycles. The smallest absolute Gasteiger partial charge is 0.314 e. The first-order valence-corrected chi connectivity index (χ1v) is 10.5. The Morgan fingerprint density at radius 3 is 2.60 bits per heavy atom. The second-order valence-electron chi connectivity index (χ2n) is 6.55. The van der Waals surface area contributed by atoms with E-state index < -0.39 is 5.82 Å². The second kappa shape index (κ2) is 10.6. The fraction of sp³-hybridized carbons (Fsp3) is 0.286. The summed E-state index contributed by atoms with van der Waals surface area (Å²) in [5.41, 5.74) is 2.00. The van der Waals surface area contributed by atoms with Gasteiger partial charge in [-0.05, 0) is 43.2 Å². The number of hydrogen-bond donors (Lipinski definition) is 2. The molecule has 0 aliphatic rings. The third-order valence-electron chi connectivity index (χ3n) is 4.28. The molecule has 0 radical (unpaired) electrons. The van der Waals surface area contributed by atoms with Crippen LogP contribution in [0.5, 0.6) is 0 Å². The van der Waals surface area contributed by atoms with Crippen LogP contribution < -0.4 is 15.4 Å². The molecule has 30 heavy (non-hydrogen) atoms. The van der Waals surface area contributed by atoms with E-state index in [1.54, 1.807) is 12.1 Å². The lowest BCUT2D eigenvalue weighted by Gasteiger charge is -2.10. The molecule has 6 nitrogen and oxygen atoms in total. The van der Waals surface area contributed by atoms with Gasteiger partial charge in [0.25, 0.3) is 0 Å². The summed E-state index contributed by atoms with van der Waals surface area (Å²) in [5.74, 6) is -0.270. The molecule has 9 heteroatoms. The predicted molar refractivity (Wildman–Crippen MR) is 113 cm³/mol. The van der Waals surface area contributed by atoms with Gasteiger partial charge in [0.2, 0.25) is 0 Å². The molecule has 158 valence electrons. The number of nitrogens with one attached hydrogen (secondary N) is 2. The molecule has 0 saturated heterocycles. The minimum absolute atomic E-state index is 0.195. The maximum absolute atomic E-state index is 13.2. The zero-order chi connectivity index (χ0) is 21.3. The van der Waals surface area contributed by atoms with Crippen LogP contribution in [0.15, 0.2) is 53.0 Å². The molecule has 2 amide bonds. The van der Waals surface area contributed by atoms with Gasteiger partial charge in [0, 0.05) is 37.1 Å². The Kier molecular flexibility index (Phi) is 7.67. The molecule has 0 atom stereocenters. The van der Waals surface area contributed by atoms with Crippen molar-refractivity contribution in [1.29, 1.82) is 0 Å². The molecule has 3 rings (SSSR count). The average molecular weight is 432 g/mol. The molecule has 2 N–H and O–H groups in total. The minimum atomic E-state index is -0.415. The molecule has 2 aromatic heterocycles. The summed E-state index contributed by atoms with van der Waals surface area (Å²) in [5, 5.41) is 7.51. The lowest BCUT2D eigenvalue weighted by molar-refractivity contribution is 0.241.